The molecule has 1 heterocycles. The van der Waals surface area contributed by atoms with E-state index in [4.69, 9.17) is 21.1 Å². The van der Waals surface area contributed by atoms with Crippen LogP contribution in [0.4, 0.5) is 0 Å². The van der Waals surface area contributed by atoms with Crippen molar-refractivity contribution < 1.29 is 14.3 Å². The number of amides is 1. The Kier molecular flexibility index (Phi) is 4.24. The molecule has 2 rings (SSSR count). The summed E-state index contributed by atoms with van der Waals surface area (Å²) in [5.41, 5.74) is 0.735. The van der Waals surface area contributed by atoms with Gasteiger partial charge in [-0.15, -0.1) is 0 Å². The fourth-order valence-electron chi connectivity index (χ4n) is 1.59. The molecule has 0 bridgehead atoms. The number of carbonyl (C=O) groups excluding carboxylic acids is 1. The largest absolute Gasteiger partial charge is 0.451 e. The smallest absolute Gasteiger partial charge is 0.287 e. The molecule has 5 heteroatoms. The minimum Gasteiger partial charge on any atom is -0.451 e. The number of furan rings is 1. The van der Waals surface area contributed by atoms with Crippen LogP contribution in [-0.2, 0) is 0 Å². The summed E-state index contributed by atoms with van der Waals surface area (Å²) in [4.78, 5) is 11.7. The Hall–Kier alpha value is -1.78. The molecule has 0 radical (unpaired) electrons. The molecule has 1 aromatic carbocycles. The molecule has 0 aliphatic carbocycles. The number of carbonyl (C=O) groups is 1. The van der Waals surface area contributed by atoms with Crippen molar-refractivity contribution in [1.82, 2.24) is 5.32 Å². The van der Waals surface area contributed by atoms with Crippen LogP contribution in [0.25, 0.3) is 11.3 Å². The molecule has 0 spiro atoms. The maximum absolute atomic E-state index is 11.7. The molecule has 19 heavy (non-hydrogen) atoms. The van der Waals surface area contributed by atoms with E-state index in [1.807, 2.05) is 18.2 Å². The van der Waals surface area contributed by atoms with Crippen LogP contribution < -0.4 is 5.32 Å². The third-order valence-electron chi connectivity index (χ3n) is 2.53. The zero-order valence-electron chi connectivity index (χ0n) is 10.4. The molecule has 1 aromatic heterocycles. The number of benzene rings is 1. The lowest BCUT2D eigenvalue weighted by atomic mass is 10.2. The Balaban J connectivity index is 2.15. The first kappa shape index (κ1) is 13.6. The maximum atomic E-state index is 11.7. The van der Waals surface area contributed by atoms with Crippen LogP contribution in [0.2, 0.25) is 5.02 Å². The molecule has 0 saturated carbocycles. The number of hydrogen-bond donors (Lipinski definition) is 2. The minimum atomic E-state index is -0.595. The fraction of sp³-hybridized carbons (Fsp3) is 0.214. The lowest BCUT2D eigenvalue weighted by Gasteiger charge is -2.05. The van der Waals surface area contributed by atoms with Gasteiger partial charge in [0.05, 0.1) is 11.1 Å². The first-order valence-corrected chi connectivity index (χ1v) is 6.26. The van der Waals surface area contributed by atoms with E-state index in [-0.39, 0.29) is 18.2 Å². The lowest BCUT2D eigenvalue weighted by molar-refractivity contribution is 0.0897. The highest BCUT2D eigenvalue weighted by molar-refractivity contribution is 6.33. The highest BCUT2D eigenvalue weighted by atomic mass is 35.5. The second-order valence-electron chi connectivity index (χ2n) is 4.20. The Morgan fingerprint density at radius 1 is 1.37 bits per heavy atom. The summed E-state index contributed by atoms with van der Waals surface area (Å²) in [5, 5.41) is 12.2. The molecule has 0 unspecified atom stereocenters. The molecule has 0 fully saturated rings. The molecule has 1 amide bonds. The van der Waals surface area contributed by atoms with Crippen LogP contribution in [0.1, 0.15) is 17.5 Å². The second-order valence-corrected chi connectivity index (χ2v) is 4.61. The van der Waals surface area contributed by atoms with Gasteiger partial charge >= 0.3 is 0 Å². The summed E-state index contributed by atoms with van der Waals surface area (Å²) in [6, 6.07) is 10.5. The van der Waals surface area contributed by atoms with Gasteiger partial charge in [-0.2, -0.15) is 0 Å². The van der Waals surface area contributed by atoms with Gasteiger partial charge in [0.1, 0.15) is 5.76 Å². The van der Waals surface area contributed by atoms with E-state index in [0.717, 1.165) is 5.56 Å². The summed E-state index contributed by atoms with van der Waals surface area (Å²) in [6.45, 7) is 1.78. The number of aliphatic hydroxyl groups excluding tert-OH is 1. The zero-order valence-corrected chi connectivity index (χ0v) is 11.1. The van der Waals surface area contributed by atoms with Crippen LogP contribution in [0.3, 0.4) is 0 Å². The number of rotatable bonds is 4. The van der Waals surface area contributed by atoms with Gasteiger partial charge in [-0.1, -0.05) is 23.7 Å². The number of aliphatic hydroxyl groups is 1. The van der Waals surface area contributed by atoms with Crippen molar-refractivity contribution >= 4 is 17.5 Å². The van der Waals surface area contributed by atoms with Gasteiger partial charge in [-0.05, 0) is 31.2 Å². The van der Waals surface area contributed by atoms with Gasteiger partial charge in [-0.25, -0.2) is 0 Å². The summed E-state index contributed by atoms with van der Waals surface area (Å²) in [7, 11) is 0. The monoisotopic (exact) mass is 279 g/mol. The molecule has 100 valence electrons. The molecular weight excluding hydrogens is 266 g/mol. The van der Waals surface area contributed by atoms with E-state index < -0.39 is 6.10 Å². The summed E-state index contributed by atoms with van der Waals surface area (Å²) >= 11 is 6.06. The molecule has 0 saturated heterocycles. The third-order valence-corrected chi connectivity index (χ3v) is 2.86. The Morgan fingerprint density at radius 3 is 2.79 bits per heavy atom. The van der Waals surface area contributed by atoms with Crippen LogP contribution in [0, 0.1) is 0 Å². The molecule has 4 nitrogen and oxygen atoms in total. The van der Waals surface area contributed by atoms with Crippen molar-refractivity contribution in [3.8, 4) is 11.3 Å². The quantitative estimate of drug-likeness (QED) is 0.904. The first-order valence-electron chi connectivity index (χ1n) is 5.89. The molecule has 0 aliphatic heterocycles. The standard InChI is InChI=1S/C14H14ClNO3/c1-9(17)8-16-14(18)13-7-6-12(19-13)10-4-2-3-5-11(10)15/h2-7,9,17H,8H2,1H3,(H,16,18)/t9-/m0/s1. The highest BCUT2D eigenvalue weighted by Crippen LogP contribution is 2.28. The average Bonchev–Trinajstić information content (AvgIpc) is 2.86. The number of hydrogen-bond acceptors (Lipinski definition) is 3. The van der Waals surface area contributed by atoms with Gasteiger partial charge in [0.15, 0.2) is 5.76 Å². The average molecular weight is 280 g/mol. The van der Waals surface area contributed by atoms with Crippen LogP contribution in [-0.4, -0.2) is 23.7 Å². The summed E-state index contributed by atoms with van der Waals surface area (Å²) in [5.74, 6) is 0.363. The predicted octanol–water partition coefficient (Wildman–Crippen LogP) is 2.71. The van der Waals surface area contributed by atoms with Gasteiger partial charge in [0.2, 0.25) is 0 Å². The SMILES string of the molecule is C[C@H](O)CNC(=O)c1ccc(-c2ccccc2Cl)o1. The van der Waals surface area contributed by atoms with Gasteiger partial charge < -0.3 is 14.8 Å². The lowest BCUT2D eigenvalue weighted by Crippen LogP contribution is -2.30. The van der Waals surface area contributed by atoms with Gasteiger partial charge in [0, 0.05) is 12.1 Å². The van der Waals surface area contributed by atoms with Crippen molar-refractivity contribution in [1.29, 1.82) is 0 Å². The molecule has 2 aromatic rings. The minimum absolute atomic E-state index is 0.182. The van der Waals surface area contributed by atoms with E-state index in [1.165, 1.54) is 0 Å². The summed E-state index contributed by atoms with van der Waals surface area (Å²) in [6.07, 6.45) is -0.595. The van der Waals surface area contributed by atoms with E-state index >= 15 is 0 Å². The normalized spacial score (nSPS) is 12.2. The highest BCUT2D eigenvalue weighted by Gasteiger charge is 2.13. The van der Waals surface area contributed by atoms with Crippen molar-refractivity contribution in [3.63, 3.8) is 0 Å². The van der Waals surface area contributed by atoms with E-state index in [2.05, 4.69) is 5.32 Å². The maximum Gasteiger partial charge on any atom is 0.287 e. The van der Waals surface area contributed by atoms with Crippen LogP contribution >= 0.6 is 11.6 Å². The first-order chi connectivity index (χ1) is 9.08. The fourth-order valence-corrected chi connectivity index (χ4v) is 1.82. The predicted molar refractivity (Wildman–Crippen MR) is 73.2 cm³/mol. The molecule has 0 aliphatic rings. The Morgan fingerprint density at radius 2 is 2.11 bits per heavy atom. The Bertz CT molecular complexity index is 578. The topological polar surface area (TPSA) is 62.5 Å². The zero-order chi connectivity index (χ0) is 13.8. The van der Waals surface area contributed by atoms with Crippen molar-refractivity contribution in [3.05, 3.63) is 47.2 Å². The van der Waals surface area contributed by atoms with Crippen molar-refractivity contribution in [2.24, 2.45) is 0 Å². The molecule has 1 atom stereocenters. The van der Waals surface area contributed by atoms with E-state index in [0.29, 0.717) is 10.8 Å². The number of halogens is 1. The van der Waals surface area contributed by atoms with Crippen molar-refractivity contribution in [2.75, 3.05) is 6.54 Å². The Labute approximate surface area is 116 Å². The van der Waals surface area contributed by atoms with Gasteiger partial charge in [0.25, 0.3) is 5.91 Å². The second kappa shape index (κ2) is 5.91. The van der Waals surface area contributed by atoms with Crippen molar-refractivity contribution in [2.45, 2.75) is 13.0 Å². The third kappa shape index (κ3) is 3.36. The van der Waals surface area contributed by atoms with Crippen LogP contribution in [0.15, 0.2) is 40.8 Å². The number of nitrogens with one attached hydrogen (secondary N) is 1. The van der Waals surface area contributed by atoms with E-state index in [9.17, 15) is 4.79 Å². The molecule has 2 N–H and O–H groups in total. The van der Waals surface area contributed by atoms with Gasteiger partial charge in [-0.3, -0.25) is 4.79 Å². The van der Waals surface area contributed by atoms with Crippen LogP contribution in [0.5, 0.6) is 0 Å². The molecular formula is C14H14ClNO3. The summed E-state index contributed by atoms with van der Waals surface area (Å²) < 4.78 is 5.47. The van der Waals surface area contributed by atoms with E-state index in [1.54, 1.807) is 25.1 Å².